The van der Waals surface area contributed by atoms with Crippen molar-refractivity contribution in [2.45, 2.75) is 30.4 Å². The van der Waals surface area contributed by atoms with Crippen molar-refractivity contribution >= 4 is 16.0 Å². The van der Waals surface area contributed by atoms with Crippen molar-refractivity contribution in [3.63, 3.8) is 0 Å². The summed E-state index contributed by atoms with van der Waals surface area (Å²) >= 11 is 0. The smallest absolute Gasteiger partial charge is 0.322 e. The molecule has 18 heavy (non-hydrogen) atoms. The molecule has 1 aromatic rings. The fourth-order valence-corrected chi connectivity index (χ4v) is 3.75. The number of hydrogen-bond donors (Lipinski definition) is 3. The van der Waals surface area contributed by atoms with E-state index in [1.165, 1.54) is 6.92 Å². The number of aromatic nitrogens is 2. The van der Waals surface area contributed by atoms with Crippen LogP contribution < -0.4 is 0 Å². The van der Waals surface area contributed by atoms with E-state index in [1.807, 2.05) is 0 Å². The summed E-state index contributed by atoms with van der Waals surface area (Å²) in [5, 5.41) is 24.5. The zero-order valence-corrected chi connectivity index (χ0v) is 10.4. The van der Waals surface area contributed by atoms with Crippen molar-refractivity contribution in [3.8, 4) is 0 Å². The van der Waals surface area contributed by atoms with Crippen LogP contribution in [0.4, 0.5) is 0 Å². The van der Waals surface area contributed by atoms with E-state index < -0.39 is 28.1 Å². The molecule has 0 spiro atoms. The number of β-amino-alcohol motifs (C(OH)–C–C–N with tert-alkyl or cyclic N) is 1. The minimum Gasteiger partial charge on any atom is -0.480 e. The van der Waals surface area contributed by atoms with Crippen LogP contribution in [0.2, 0.25) is 0 Å². The molecule has 1 aliphatic heterocycles. The number of nitrogens with one attached hydrogen (secondary N) is 1. The van der Waals surface area contributed by atoms with Gasteiger partial charge < -0.3 is 10.2 Å². The second-order valence-electron chi connectivity index (χ2n) is 4.18. The molecule has 2 rings (SSSR count). The number of rotatable bonds is 3. The Bertz CT molecular complexity index is 567. The van der Waals surface area contributed by atoms with E-state index in [0.29, 0.717) is 5.69 Å². The third-order valence-electron chi connectivity index (χ3n) is 2.89. The van der Waals surface area contributed by atoms with Crippen LogP contribution in [0.25, 0.3) is 0 Å². The van der Waals surface area contributed by atoms with Gasteiger partial charge in [-0.25, -0.2) is 8.42 Å². The van der Waals surface area contributed by atoms with E-state index in [0.717, 1.165) is 10.5 Å². The average molecular weight is 275 g/mol. The molecule has 0 saturated carbocycles. The van der Waals surface area contributed by atoms with E-state index in [-0.39, 0.29) is 17.9 Å². The van der Waals surface area contributed by atoms with Crippen LogP contribution in [-0.4, -0.2) is 57.8 Å². The number of carboxylic acids is 1. The predicted octanol–water partition coefficient (Wildman–Crippen LogP) is -1.07. The fourth-order valence-electron chi connectivity index (χ4n) is 2.00. The van der Waals surface area contributed by atoms with Crippen LogP contribution in [-0.2, 0) is 14.8 Å². The van der Waals surface area contributed by atoms with Gasteiger partial charge in [0.25, 0.3) is 0 Å². The zero-order valence-electron chi connectivity index (χ0n) is 9.57. The van der Waals surface area contributed by atoms with E-state index in [9.17, 15) is 18.3 Å². The Hall–Kier alpha value is -1.45. The first kappa shape index (κ1) is 13.0. The molecule has 0 bridgehead atoms. The monoisotopic (exact) mass is 275 g/mol. The topological polar surface area (TPSA) is 124 Å². The lowest BCUT2D eigenvalue weighted by Crippen LogP contribution is -2.40. The van der Waals surface area contributed by atoms with Gasteiger partial charge in [0.1, 0.15) is 10.9 Å². The normalized spacial score (nSPS) is 25.4. The number of carbonyl (C=O) groups is 1. The van der Waals surface area contributed by atoms with Gasteiger partial charge in [-0.3, -0.25) is 9.89 Å². The van der Waals surface area contributed by atoms with Gasteiger partial charge in [0.05, 0.1) is 18.0 Å². The molecule has 0 unspecified atom stereocenters. The van der Waals surface area contributed by atoms with Gasteiger partial charge in [0, 0.05) is 13.0 Å². The Morgan fingerprint density at radius 2 is 2.28 bits per heavy atom. The number of hydrogen-bond acceptors (Lipinski definition) is 5. The number of carboxylic acid groups (broad SMARTS) is 1. The molecule has 2 heterocycles. The fraction of sp³-hybridized carbons (Fsp3) is 0.556. The molecule has 3 N–H and O–H groups in total. The zero-order chi connectivity index (χ0) is 13.5. The maximum Gasteiger partial charge on any atom is 0.322 e. The van der Waals surface area contributed by atoms with Crippen molar-refractivity contribution in [2.75, 3.05) is 6.54 Å². The van der Waals surface area contributed by atoms with E-state index >= 15 is 0 Å². The third kappa shape index (κ3) is 2.00. The van der Waals surface area contributed by atoms with Crippen LogP contribution in [0.5, 0.6) is 0 Å². The molecule has 1 fully saturated rings. The molecule has 1 aromatic heterocycles. The molecular formula is C9H13N3O5S. The average Bonchev–Trinajstić information content (AvgIpc) is 2.84. The van der Waals surface area contributed by atoms with E-state index in [4.69, 9.17) is 5.11 Å². The predicted molar refractivity (Wildman–Crippen MR) is 59.3 cm³/mol. The highest BCUT2D eigenvalue weighted by atomic mass is 32.2. The maximum absolute atomic E-state index is 12.3. The summed E-state index contributed by atoms with van der Waals surface area (Å²) in [6, 6.07) is -1.24. The lowest BCUT2D eigenvalue weighted by molar-refractivity contribution is -0.140. The van der Waals surface area contributed by atoms with Crippen LogP contribution in [0.15, 0.2) is 11.1 Å². The Balaban J connectivity index is 2.41. The molecule has 0 aliphatic carbocycles. The summed E-state index contributed by atoms with van der Waals surface area (Å²) in [4.78, 5) is 11.0. The highest BCUT2D eigenvalue weighted by Gasteiger charge is 2.44. The first-order valence-corrected chi connectivity index (χ1v) is 6.70. The second kappa shape index (κ2) is 4.34. The largest absolute Gasteiger partial charge is 0.480 e. The summed E-state index contributed by atoms with van der Waals surface area (Å²) in [7, 11) is -3.95. The summed E-state index contributed by atoms with van der Waals surface area (Å²) in [6.07, 6.45) is 0.0628. The number of aryl methyl sites for hydroxylation is 1. The SMILES string of the molecule is Cc1[nH]ncc1S(=O)(=O)N1C[C@H](O)C[C@H]1C(=O)O. The highest BCUT2D eigenvalue weighted by molar-refractivity contribution is 7.89. The summed E-state index contributed by atoms with van der Waals surface area (Å²) < 4.78 is 25.3. The number of aliphatic carboxylic acids is 1. The first-order valence-electron chi connectivity index (χ1n) is 5.26. The molecule has 9 heteroatoms. The van der Waals surface area contributed by atoms with E-state index in [2.05, 4.69) is 10.2 Å². The number of aliphatic hydroxyl groups excluding tert-OH is 1. The number of H-pyrrole nitrogens is 1. The molecule has 0 radical (unpaired) electrons. The van der Waals surface area contributed by atoms with Crippen LogP contribution in [0.3, 0.4) is 0 Å². The molecule has 2 atom stereocenters. The van der Waals surface area contributed by atoms with Gasteiger partial charge in [-0.15, -0.1) is 0 Å². The Kier molecular flexibility index (Phi) is 3.13. The molecule has 8 nitrogen and oxygen atoms in total. The maximum atomic E-state index is 12.3. The van der Waals surface area contributed by atoms with Gasteiger partial charge >= 0.3 is 5.97 Å². The molecule has 1 aliphatic rings. The Morgan fingerprint density at radius 3 is 2.78 bits per heavy atom. The van der Waals surface area contributed by atoms with Crippen molar-refractivity contribution in [1.82, 2.24) is 14.5 Å². The van der Waals surface area contributed by atoms with Crippen molar-refractivity contribution < 1.29 is 23.4 Å². The molecule has 0 aromatic carbocycles. The standard InChI is InChI=1S/C9H13N3O5S/c1-5-8(3-10-11-5)18(16,17)12-4-6(13)2-7(12)9(14)15/h3,6-7,13H,2,4H2,1H3,(H,10,11)(H,14,15)/t6-,7+/m1/s1. The summed E-state index contributed by atoms with van der Waals surface area (Å²) in [6.45, 7) is 1.31. The lowest BCUT2D eigenvalue weighted by Gasteiger charge is -2.20. The van der Waals surface area contributed by atoms with Gasteiger partial charge in [-0.2, -0.15) is 9.40 Å². The van der Waals surface area contributed by atoms with Crippen LogP contribution in [0, 0.1) is 6.92 Å². The van der Waals surface area contributed by atoms with Gasteiger partial charge in [0.2, 0.25) is 10.0 Å². The summed E-state index contributed by atoms with van der Waals surface area (Å²) in [5.41, 5.74) is 0.334. The first-order chi connectivity index (χ1) is 8.34. The number of sulfonamides is 1. The van der Waals surface area contributed by atoms with Gasteiger partial charge in [0.15, 0.2) is 0 Å². The van der Waals surface area contributed by atoms with Gasteiger partial charge in [-0.1, -0.05) is 0 Å². The van der Waals surface area contributed by atoms with Crippen molar-refractivity contribution in [2.24, 2.45) is 0 Å². The Labute approximate surface area is 103 Å². The van der Waals surface area contributed by atoms with Gasteiger partial charge in [-0.05, 0) is 6.92 Å². The highest BCUT2D eigenvalue weighted by Crippen LogP contribution is 2.27. The summed E-state index contributed by atoms with van der Waals surface area (Å²) in [5.74, 6) is -1.27. The molecule has 100 valence electrons. The Morgan fingerprint density at radius 1 is 1.61 bits per heavy atom. The number of nitrogens with zero attached hydrogens (tertiary/aromatic N) is 2. The van der Waals surface area contributed by atoms with Crippen LogP contribution >= 0.6 is 0 Å². The van der Waals surface area contributed by atoms with E-state index in [1.54, 1.807) is 0 Å². The minimum absolute atomic E-state index is 0.0668. The van der Waals surface area contributed by atoms with Crippen molar-refractivity contribution in [1.29, 1.82) is 0 Å². The number of aliphatic hydroxyl groups is 1. The quantitative estimate of drug-likeness (QED) is 0.645. The second-order valence-corrected chi connectivity index (χ2v) is 6.04. The lowest BCUT2D eigenvalue weighted by atomic mass is 10.2. The molecule has 0 amide bonds. The van der Waals surface area contributed by atoms with Crippen LogP contribution in [0.1, 0.15) is 12.1 Å². The molecule has 1 saturated heterocycles. The van der Waals surface area contributed by atoms with Crippen molar-refractivity contribution in [3.05, 3.63) is 11.9 Å². The third-order valence-corrected chi connectivity index (χ3v) is 4.88. The molecular weight excluding hydrogens is 262 g/mol. The number of aromatic amines is 1. The minimum atomic E-state index is -3.95.